The Morgan fingerprint density at radius 3 is 2.12 bits per heavy atom. The molecule has 0 fully saturated rings. The summed E-state index contributed by atoms with van der Waals surface area (Å²) in [7, 11) is 0. The normalized spacial score (nSPS) is 12.4. The number of hydrogen-bond donors (Lipinski definition) is 1. The number of halogens is 8. The van der Waals surface area contributed by atoms with Crippen LogP contribution >= 0.6 is 0 Å². The Morgan fingerprint density at radius 2 is 1.73 bits per heavy atom. The number of aromatic nitrogens is 1. The van der Waals surface area contributed by atoms with E-state index >= 15 is 0 Å². The number of hydrogen-bond acceptors (Lipinski definition) is 4. The Bertz CT molecular complexity index is 656. The second kappa shape index (κ2) is 8.04. The van der Waals surface area contributed by atoms with Crippen LogP contribution < -0.4 is 5.32 Å². The van der Waals surface area contributed by atoms with Gasteiger partial charge in [-0.25, -0.2) is 18.6 Å². The molecule has 1 aromatic heterocycles. The molecule has 0 amide bonds. The fourth-order valence-electron chi connectivity index (χ4n) is 2.18. The molecule has 26 heavy (non-hydrogen) atoms. The third-order valence-corrected chi connectivity index (χ3v) is 3.10. The summed E-state index contributed by atoms with van der Waals surface area (Å²) >= 11 is 0. The Hall–Kier alpha value is -2.14. The van der Waals surface area contributed by atoms with Gasteiger partial charge >= 0.3 is 18.3 Å². The van der Waals surface area contributed by atoms with E-state index in [1.165, 1.54) is 13.8 Å². The number of esters is 1. The standard InChI is InChI=1S/C14H14F8N2O2/c1-3-6-7(12(25)26-4-2)10(14(20,21)22)24-9(11(15)16)8(6)23-5-13(17,18)19/h11,23H,3-5H2,1-2H3. The molecule has 0 saturated carbocycles. The summed E-state index contributed by atoms with van der Waals surface area (Å²) in [5, 5.41) is 1.63. The third-order valence-electron chi connectivity index (χ3n) is 3.10. The lowest BCUT2D eigenvalue weighted by molar-refractivity contribution is -0.142. The average Bonchev–Trinajstić information content (AvgIpc) is 2.49. The number of alkyl halides is 8. The summed E-state index contributed by atoms with van der Waals surface area (Å²) in [6.07, 6.45) is -14.2. The molecule has 148 valence electrons. The lowest BCUT2D eigenvalue weighted by atomic mass is 9.99. The van der Waals surface area contributed by atoms with Crippen LogP contribution in [0.2, 0.25) is 0 Å². The Morgan fingerprint density at radius 1 is 1.15 bits per heavy atom. The monoisotopic (exact) mass is 394 g/mol. The van der Waals surface area contributed by atoms with Crippen LogP contribution in [0.4, 0.5) is 40.8 Å². The Labute approximate surface area is 142 Å². The van der Waals surface area contributed by atoms with E-state index in [0.717, 1.165) is 0 Å². The summed E-state index contributed by atoms with van der Waals surface area (Å²) in [6.45, 7) is 0.364. The van der Waals surface area contributed by atoms with Gasteiger partial charge in [0.1, 0.15) is 12.2 Å². The summed E-state index contributed by atoms with van der Waals surface area (Å²) in [5.41, 5.74) is -6.27. The summed E-state index contributed by atoms with van der Waals surface area (Å²) < 4.78 is 108. The highest BCUT2D eigenvalue weighted by Crippen LogP contribution is 2.39. The Kier molecular flexibility index (Phi) is 6.77. The predicted molar refractivity (Wildman–Crippen MR) is 74.1 cm³/mol. The molecule has 1 N–H and O–H groups in total. The fourth-order valence-corrected chi connectivity index (χ4v) is 2.18. The molecular formula is C14H14F8N2O2. The van der Waals surface area contributed by atoms with E-state index in [1.807, 2.05) is 0 Å². The number of rotatable bonds is 6. The van der Waals surface area contributed by atoms with E-state index in [2.05, 4.69) is 9.72 Å². The first kappa shape index (κ1) is 21.9. The maximum atomic E-state index is 13.2. The largest absolute Gasteiger partial charge is 0.462 e. The molecule has 0 aliphatic carbocycles. The average molecular weight is 394 g/mol. The van der Waals surface area contributed by atoms with Gasteiger partial charge in [-0.1, -0.05) is 6.92 Å². The molecule has 0 aliphatic rings. The zero-order chi connectivity index (χ0) is 20.3. The first-order chi connectivity index (χ1) is 11.8. The van der Waals surface area contributed by atoms with Crippen molar-refractivity contribution in [2.75, 3.05) is 18.5 Å². The van der Waals surface area contributed by atoms with Crippen molar-refractivity contribution in [3.05, 3.63) is 22.5 Å². The zero-order valence-corrected chi connectivity index (χ0v) is 13.5. The maximum absolute atomic E-state index is 13.2. The summed E-state index contributed by atoms with van der Waals surface area (Å²) in [6, 6.07) is 0. The van der Waals surface area contributed by atoms with Crippen LogP contribution in [0.3, 0.4) is 0 Å². The minimum Gasteiger partial charge on any atom is -0.462 e. The molecule has 0 saturated heterocycles. The van der Waals surface area contributed by atoms with Gasteiger partial charge in [0.05, 0.1) is 17.9 Å². The number of nitrogens with one attached hydrogen (secondary N) is 1. The van der Waals surface area contributed by atoms with Gasteiger partial charge in [0, 0.05) is 0 Å². The molecule has 1 rings (SSSR count). The van der Waals surface area contributed by atoms with Crippen LogP contribution in [0, 0.1) is 0 Å². The molecule has 1 aromatic rings. The van der Waals surface area contributed by atoms with Crippen LogP contribution in [0.1, 0.15) is 47.6 Å². The predicted octanol–water partition coefficient (Wildman–Crippen LogP) is 4.75. The van der Waals surface area contributed by atoms with Crippen molar-refractivity contribution in [2.45, 2.75) is 39.0 Å². The summed E-state index contributed by atoms with van der Waals surface area (Å²) in [5.74, 6) is -1.51. The molecule has 0 atom stereocenters. The number of anilines is 1. The van der Waals surface area contributed by atoms with Crippen LogP contribution in [-0.2, 0) is 17.3 Å². The number of carbonyl (C=O) groups excluding carboxylic acids is 1. The van der Waals surface area contributed by atoms with Crippen molar-refractivity contribution in [3.8, 4) is 0 Å². The first-order valence-corrected chi connectivity index (χ1v) is 7.23. The van der Waals surface area contributed by atoms with E-state index in [1.54, 1.807) is 5.32 Å². The van der Waals surface area contributed by atoms with E-state index < -0.39 is 65.9 Å². The van der Waals surface area contributed by atoms with Gasteiger partial charge < -0.3 is 10.1 Å². The van der Waals surface area contributed by atoms with Crippen LogP contribution in [0.25, 0.3) is 0 Å². The third kappa shape index (κ3) is 5.18. The lowest BCUT2D eigenvalue weighted by Gasteiger charge is -2.22. The SMILES string of the molecule is CCOC(=O)c1c(C(F)(F)F)nc(C(F)F)c(NCC(F)(F)F)c1CC. The second-order valence-corrected chi connectivity index (χ2v) is 4.92. The van der Waals surface area contributed by atoms with Crippen LogP contribution in [0.5, 0.6) is 0 Å². The zero-order valence-electron chi connectivity index (χ0n) is 13.5. The number of carbonyl (C=O) groups is 1. The minimum absolute atomic E-state index is 0.332. The van der Waals surface area contributed by atoms with E-state index in [9.17, 15) is 39.9 Å². The van der Waals surface area contributed by atoms with Crippen molar-refractivity contribution in [1.82, 2.24) is 4.98 Å². The highest BCUT2D eigenvalue weighted by molar-refractivity contribution is 5.94. The van der Waals surface area contributed by atoms with Crippen LogP contribution in [-0.4, -0.2) is 30.3 Å². The van der Waals surface area contributed by atoms with Gasteiger partial charge in [-0.15, -0.1) is 0 Å². The van der Waals surface area contributed by atoms with E-state index in [-0.39, 0.29) is 6.61 Å². The van der Waals surface area contributed by atoms with Gasteiger partial charge in [0.2, 0.25) is 0 Å². The molecular weight excluding hydrogens is 380 g/mol. The van der Waals surface area contributed by atoms with Gasteiger partial charge in [-0.2, -0.15) is 26.3 Å². The highest BCUT2D eigenvalue weighted by Gasteiger charge is 2.42. The minimum atomic E-state index is -5.29. The quantitative estimate of drug-likeness (QED) is 0.559. The molecule has 1 heterocycles. The molecule has 0 unspecified atom stereocenters. The molecule has 12 heteroatoms. The first-order valence-electron chi connectivity index (χ1n) is 7.23. The van der Waals surface area contributed by atoms with Gasteiger partial charge in [0.15, 0.2) is 5.69 Å². The van der Waals surface area contributed by atoms with Crippen molar-refractivity contribution < 1.29 is 44.7 Å². The van der Waals surface area contributed by atoms with Gasteiger partial charge in [-0.3, -0.25) is 0 Å². The molecule has 0 aliphatic heterocycles. The molecule has 4 nitrogen and oxygen atoms in total. The second-order valence-electron chi connectivity index (χ2n) is 4.92. The lowest BCUT2D eigenvalue weighted by Crippen LogP contribution is -2.26. The number of pyridine rings is 1. The molecule has 0 radical (unpaired) electrons. The van der Waals surface area contributed by atoms with Gasteiger partial charge in [0.25, 0.3) is 6.43 Å². The van der Waals surface area contributed by atoms with E-state index in [0.29, 0.717) is 0 Å². The smallest absolute Gasteiger partial charge is 0.434 e. The fraction of sp³-hybridized carbons (Fsp3) is 0.571. The van der Waals surface area contributed by atoms with Crippen LogP contribution in [0.15, 0.2) is 0 Å². The maximum Gasteiger partial charge on any atom is 0.434 e. The molecule has 0 aromatic carbocycles. The topological polar surface area (TPSA) is 51.2 Å². The highest BCUT2D eigenvalue weighted by atomic mass is 19.4. The molecule has 0 bridgehead atoms. The van der Waals surface area contributed by atoms with Crippen molar-refractivity contribution in [3.63, 3.8) is 0 Å². The van der Waals surface area contributed by atoms with Crippen molar-refractivity contribution >= 4 is 11.7 Å². The van der Waals surface area contributed by atoms with E-state index in [4.69, 9.17) is 0 Å². The Balaban J connectivity index is 3.76. The van der Waals surface area contributed by atoms with Crippen molar-refractivity contribution in [1.29, 1.82) is 0 Å². The van der Waals surface area contributed by atoms with Gasteiger partial charge in [-0.05, 0) is 18.9 Å². The molecule has 0 spiro atoms. The number of nitrogens with zero attached hydrogens (tertiary/aromatic N) is 1. The number of ether oxygens (including phenoxy) is 1. The van der Waals surface area contributed by atoms with Crippen molar-refractivity contribution in [2.24, 2.45) is 0 Å². The summed E-state index contributed by atoms with van der Waals surface area (Å²) in [4.78, 5) is 14.7.